The fourth-order valence-electron chi connectivity index (χ4n) is 2.46. The number of carboxylic acid groups (broad SMARTS) is 1. The van der Waals surface area contributed by atoms with E-state index in [2.05, 4.69) is 0 Å². The number of hydrogen-bond acceptors (Lipinski definition) is 2. The predicted molar refractivity (Wildman–Crippen MR) is 72.0 cm³/mol. The van der Waals surface area contributed by atoms with Crippen LogP contribution in [0.25, 0.3) is 0 Å². The van der Waals surface area contributed by atoms with E-state index < -0.39 is 17.7 Å². The molecule has 2 unspecified atom stereocenters. The van der Waals surface area contributed by atoms with E-state index in [1.165, 1.54) is 23.1 Å². The van der Waals surface area contributed by atoms with Crippen LogP contribution in [0.2, 0.25) is 5.02 Å². The van der Waals surface area contributed by atoms with Crippen molar-refractivity contribution in [3.8, 4) is 0 Å². The first kappa shape index (κ1) is 14.8. The molecule has 0 saturated carbocycles. The number of hydrogen-bond donors (Lipinski definition) is 1. The third-order valence-corrected chi connectivity index (χ3v) is 4.03. The van der Waals surface area contributed by atoms with Gasteiger partial charge in [0.25, 0.3) is 0 Å². The van der Waals surface area contributed by atoms with Crippen molar-refractivity contribution in [2.75, 3.05) is 13.1 Å². The number of carboxylic acids is 1. The number of nitrogens with zero attached hydrogens (tertiary/aromatic N) is 1. The van der Waals surface area contributed by atoms with Crippen LogP contribution in [-0.2, 0) is 16.0 Å². The van der Waals surface area contributed by atoms with Gasteiger partial charge in [-0.3, -0.25) is 9.59 Å². The van der Waals surface area contributed by atoms with Crippen LogP contribution < -0.4 is 0 Å². The molecule has 0 aromatic heterocycles. The van der Waals surface area contributed by atoms with Crippen molar-refractivity contribution < 1.29 is 19.1 Å². The molecular formula is C14H15ClFNO3. The van der Waals surface area contributed by atoms with Crippen LogP contribution >= 0.6 is 11.6 Å². The van der Waals surface area contributed by atoms with Gasteiger partial charge in [-0.1, -0.05) is 24.6 Å². The quantitative estimate of drug-likeness (QED) is 0.931. The summed E-state index contributed by atoms with van der Waals surface area (Å²) in [5, 5.41) is 9.25. The zero-order chi connectivity index (χ0) is 14.9. The lowest BCUT2D eigenvalue weighted by molar-refractivity contribution is -0.142. The van der Waals surface area contributed by atoms with Crippen LogP contribution in [-0.4, -0.2) is 35.0 Å². The van der Waals surface area contributed by atoms with Crippen LogP contribution in [0.1, 0.15) is 12.5 Å². The third-order valence-electron chi connectivity index (χ3n) is 3.67. The number of carbonyl (C=O) groups is 2. The Bertz CT molecular complexity index is 529. The topological polar surface area (TPSA) is 57.6 Å². The lowest BCUT2D eigenvalue weighted by Crippen LogP contribution is -2.31. The molecule has 1 saturated heterocycles. The summed E-state index contributed by atoms with van der Waals surface area (Å²) in [7, 11) is 0. The summed E-state index contributed by atoms with van der Waals surface area (Å²) in [6.45, 7) is 2.34. The highest BCUT2D eigenvalue weighted by Gasteiger charge is 2.37. The molecule has 4 nitrogen and oxygen atoms in total. The van der Waals surface area contributed by atoms with Crippen molar-refractivity contribution in [2.24, 2.45) is 11.8 Å². The maximum atomic E-state index is 13.6. The average molecular weight is 300 g/mol. The van der Waals surface area contributed by atoms with Crippen molar-refractivity contribution in [1.29, 1.82) is 0 Å². The first-order valence-corrected chi connectivity index (χ1v) is 6.71. The maximum absolute atomic E-state index is 13.6. The molecule has 108 valence electrons. The first-order valence-electron chi connectivity index (χ1n) is 6.33. The summed E-state index contributed by atoms with van der Waals surface area (Å²) >= 11 is 5.88. The minimum Gasteiger partial charge on any atom is -0.481 e. The number of aliphatic carboxylic acids is 1. The second-order valence-corrected chi connectivity index (χ2v) is 5.50. The Hall–Kier alpha value is -1.62. The normalized spacial score (nSPS) is 22.1. The SMILES string of the molecule is CC1CN(C(=O)Cc2c(F)cccc2Cl)CC1C(=O)O. The van der Waals surface area contributed by atoms with E-state index in [0.717, 1.165) is 0 Å². The van der Waals surface area contributed by atoms with E-state index in [1.807, 2.05) is 0 Å². The van der Waals surface area contributed by atoms with Crippen molar-refractivity contribution in [3.05, 3.63) is 34.6 Å². The van der Waals surface area contributed by atoms with Gasteiger partial charge >= 0.3 is 5.97 Å². The van der Waals surface area contributed by atoms with Crippen LogP contribution in [0, 0.1) is 17.7 Å². The lowest BCUT2D eigenvalue weighted by Gasteiger charge is -2.16. The first-order chi connectivity index (χ1) is 9.40. The number of carbonyl (C=O) groups excluding carboxylic acids is 1. The molecule has 2 atom stereocenters. The Kier molecular flexibility index (Phi) is 4.28. The number of rotatable bonds is 3. The molecule has 0 aliphatic carbocycles. The van der Waals surface area contributed by atoms with Gasteiger partial charge in [0.15, 0.2) is 0 Å². The standard InChI is InChI=1S/C14H15ClFNO3/c1-8-6-17(7-10(8)14(19)20)13(18)5-9-11(15)3-2-4-12(9)16/h2-4,8,10H,5-7H2,1H3,(H,19,20). The second-order valence-electron chi connectivity index (χ2n) is 5.10. The molecule has 1 N–H and O–H groups in total. The molecule has 1 aliphatic heterocycles. The average Bonchev–Trinajstić information content (AvgIpc) is 2.76. The zero-order valence-corrected chi connectivity index (χ0v) is 11.7. The summed E-state index contributed by atoms with van der Waals surface area (Å²) < 4.78 is 13.6. The highest BCUT2D eigenvalue weighted by molar-refractivity contribution is 6.31. The monoisotopic (exact) mass is 299 g/mol. The highest BCUT2D eigenvalue weighted by atomic mass is 35.5. The van der Waals surface area contributed by atoms with Crippen LogP contribution in [0.5, 0.6) is 0 Å². The Labute approximate surface area is 121 Å². The molecule has 1 heterocycles. The van der Waals surface area contributed by atoms with Crippen LogP contribution in [0.4, 0.5) is 4.39 Å². The summed E-state index contributed by atoms with van der Waals surface area (Å²) in [4.78, 5) is 24.6. The Morgan fingerprint density at radius 3 is 2.70 bits per heavy atom. The summed E-state index contributed by atoms with van der Waals surface area (Å²) in [6, 6.07) is 4.26. The van der Waals surface area contributed by atoms with Gasteiger partial charge in [-0.05, 0) is 18.1 Å². The molecule has 0 bridgehead atoms. The van der Waals surface area contributed by atoms with Crippen LogP contribution in [0.3, 0.4) is 0 Å². The molecule has 2 rings (SSSR count). The molecule has 1 amide bonds. The van der Waals surface area contributed by atoms with Crippen molar-refractivity contribution >= 4 is 23.5 Å². The number of halogens is 2. The molecule has 20 heavy (non-hydrogen) atoms. The highest BCUT2D eigenvalue weighted by Crippen LogP contribution is 2.25. The van der Waals surface area contributed by atoms with E-state index in [-0.39, 0.29) is 35.4 Å². The largest absolute Gasteiger partial charge is 0.481 e. The van der Waals surface area contributed by atoms with Crippen molar-refractivity contribution in [3.63, 3.8) is 0 Å². The number of benzene rings is 1. The molecular weight excluding hydrogens is 285 g/mol. The van der Waals surface area contributed by atoms with Gasteiger partial charge in [-0.15, -0.1) is 0 Å². The van der Waals surface area contributed by atoms with Gasteiger partial charge in [0.1, 0.15) is 5.82 Å². The smallest absolute Gasteiger partial charge is 0.308 e. The zero-order valence-electron chi connectivity index (χ0n) is 11.0. The van der Waals surface area contributed by atoms with Crippen molar-refractivity contribution in [2.45, 2.75) is 13.3 Å². The fourth-order valence-corrected chi connectivity index (χ4v) is 2.69. The van der Waals surface area contributed by atoms with E-state index in [1.54, 1.807) is 6.92 Å². The number of amides is 1. The van der Waals surface area contributed by atoms with Crippen molar-refractivity contribution in [1.82, 2.24) is 4.90 Å². The third kappa shape index (κ3) is 2.93. The van der Waals surface area contributed by atoms with Gasteiger partial charge in [-0.25, -0.2) is 4.39 Å². The van der Waals surface area contributed by atoms with E-state index >= 15 is 0 Å². The Balaban J connectivity index is 2.08. The van der Waals surface area contributed by atoms with Gasteiger partial charge in [0.2, 0.25) is 5.91 Å². The Morgan fingerprint density at radius 1 is 1.45 bits per heavy atom. The van der Waals surface area contributed by atoms with E-state index in [0.29, 0.717) is 6.54 Å². The molecule has 6 heteroatoms. The van der Waals surface area contributed by atoms with E-state index in [4.69, 9.17) is 16.7 Å². The summed E-state index contributed by atoms with van der Waals surface area (Å²) in [6.07, 6.45) is -0.148. The summed E-state index contributed by atoms with van der Waals surface area (Å²) in [5.41, 5.74) is 0.158. The minimum absolute atomic E-state index is 0.104. The van der Waals surface area contributed by atoms with E-state index in [9.17, 15) is 14.0 Å². The molecule has 0 spiro atoms. The van der Waals surface area contributed by atoms with Crippen LogP contribution in [0.15, 0.2) is 18.2 Å². The van der Waals surface area contributed by atoms with Gasteiger partial charge < -0.3 is 10.0 Å². The second kappa shape index (κ2) is 5.79. The maximum Gasteiger partial charge on any atom is 0.308 e. The Morgan fingerprint density at radius 2 is 2.15 bits per heavy atom. The lowest BCUT2D eigenvalue weighted by atomic mass is 9.99. The molecule has 1 fully saturated rings. The molecule has 0 radical (unpaired) electrons. The fraction of sp³-hybridized carbons (Fsp3) is 0.429. The van der Waals surface area contributed by atoms with Gasteiger partial charge in [0, 0.05) is 23.7 Å². The summed E-state index contributed by atoms with van der Waals surface area (Å²) in [5.74, 6) is -2.39. The predicted octanol–water partition coefficient (Wildman–Crippen LogP) is 2.20. The minimum atomic E-state index is -0.906. The molecule has 1 aliphatic rings. The molecule has 1 aromatic carbocycles. The van der Waals surface area contributed by atoms with Gasteiger partial charge in [-0.2, -0.15) is 0 Å². The molecule has 1 aromatic rings. The number of likely N-dealkylation sites (tertiary alicyclic amines) is 1. The van der Waals surface area contributed by atoms with Gasteiger partial charge in [0.05, 0.1) is 12.3 Å².